The molecule has 0 bridgehead atoms. The summed E-state index contributed by atoms with van der Waals surface area (Å²) in [6.45, 7) is 0. The molecule has 0 amide bonds. The molecule has 4 heteroatoms. The number of halogens is 2. The van der Waals surface area contributed by atoms with Gasteiger partial charge < -0.3 is 0 Å². The minimum absolute atomic E-state index is 0. The first-order chi connectivity index (χ1) is 17.9. The minimum atomic E-state index is 0. The molecule has 2 radical (unpaired) electrons. The van der Waals surface area contributed by atoms with E-state index in [1.54, 1.807) is 0 Å². The second-order valence-corrected chi connectivity index (χ2v) is 9.57. The average molecular weight is 729 g/mol. The smallest absolute Gasteiger partial charge is 0.121 e. The summed E-state index contributed by atoms with van der Waals surface area (Å²) >= 11 is 0. The molecular weight excluding hydrogens is 698 g/mol. The van der Waals surface area contributed by atoms with Gasteiger partial charge >= 0.3 is 0 Å². The van der Waals surface area contributed by atoms with Crippen LogP contribution >= 0.6 is 24.8 Å². The maximum atomic E-state index is 2.99. The van der Waals surface area contributed by atoms with Gasteiger partial charge in [-0.1, -0.05) is 83.2 Å². The molecule has 0 N–H and O–H groups in total. The molecule has 7 rings (SSSR count). The molecule has 6 aromatic rings. The molecule has 6 aromatic carbocycles. The molecule has 0 fully saturated rings. The van der Waals surface area contributed by atoms with E-state index in [9.17, 15) is 0 Å². The molecule has 0 nitrogen and oxygen atoms in total. The number of fused-ring (bicyclic) bond motifs is 2. The van der Waals surface area contributed by atoms with Crippen LogP contribution in [0.5, 0.6) is 0 Å². The Morgan fingerprint density at radius 3 is 1.33 bits per heavy atom. The Kier molecular flexibility index (Phi) is 17.7. The van der Waals surface area contributed by atoms with Crippen molar-refractivity contribution in [2.75, 3.05) is 0 Å². The van der Waals surface area contributed by atoms with Crippen LogP contribution in [-0.2, 0) is 25.8 Å². The van der Waals surface area contributed by atoms with E-state index in [4.69, 9.17) is 0 Å². The van der Waals surface area contributed by atoms with Crippen molar-refractivity contribution in [3.8, 4) is 0 Å². The van der Waals surface area contributed by atoms with Crippen molar-refractivity contribution in [1.29, 1.82) is 0 Å². The molecule has 39 heavy (non-hydrogen) atoms. The molecule has 196 valence electrons. The Hall–Kier alpha value is -2.75. The number of rotatable bonds is 2. The molecule has 1 aliphatic carbocycles. The SMILES string of the molecule is Cl.Cl.[C-]1=CC=CC1.[Hf].c1ccc([Si]c2ccccc2)cc1.c1ccc2[cH-]ccc2c1.c1ccc2[cH-]ccc2c1. The first-order valence-corrected chi connectivity index (χ1v) is 13.2. The van der Waals surface area contributed by atoms with Crippen molar-refractivity contribution in [2.24, 2.45) is 0 Å². The van der Waals surface area contributed by atoms with E-state index in [-0.39, 0.29) is 50.7 Å². The van der Waals surface area contributed by atoms with Crippen molar-refractivity contribution in [3.63, 3.8) is 0 Å². The maximum Gasteiger partial charge on any atom is 0.121 e. The molecule has 0 unspecified atom stereocenters. The molecular formula is C35H31Cl2HfSi-3. The molecule has 0 spiro atoms. The van der Waals surface area contributed by atoms with Crippen LogP contribution in [0.1, 0.15) is 6.42 Å². The van der Waals surface area contributed by atoms with E-state index in [0.29, 0.717) is 0 Å². The summed E-state index contributed by atoms with van der Waals surface area (Å²) < 4.78 is 0. The van der Waals surface area contributed by atoms with Gasteiger partial charge in [0.15, 0.2) is 0 Å². The molecule has 0 aliphatic heterocycles. The average Bonchev–Trinajstić information content (AvgIpc) is 3.74. The maximum absolute atomic E-state index is 2.99. The number of hydrogen-bond acceptors (Lipinski definition) is 0. The zero-order valence-corrected chi connectivity index (χ0v) is 27.8. The summed E-state index contributed by atoms with van der Waals surface area (Å²) in [6, 6.07) is 50.5. The van der Waals surface area contributed by atoms with Crippen molar-refractivity contribution in [1.82, 2.24) is 0 Å². The summed E-state index contributed by atoms with van der Waals surface area (Å²) in [7, 11) is 0.777. The van der Waals surface area contributed by atoms with Gasteiger partial charge in [0.25, 0.3) is 0 Å². The summed E-state index contributed by atoms with van der Waals surface area (Å²) in [5.74, 6) is 0. The fourth-order valence-corrected chi connectivity index (χ4v) is 4.74. The third-order valence-corrected chi connectivity index (χ3v) is 6.76. The van der Waals surface area contributed by atoms with Gasteiger partial charge in [-0.15, -0.1) is 90.5 Å². The third-order valence-electron chi connectivity index (χ3n) is 5.52. The van der Waals surface area contributed by atoms with Gasteiger partial charge in [0, 0.05) is 25.8 Å². The molecule has 0 aromatic heterocycles. The topological polar surface area (TPSA) is 0 Å². The van der Waals surface area contributed by atoms with E-state index in [0.717, 1.165) is 15.9 Å². The van der Waals surface area contributed by atoms with Crippen LogP contribution in [0.15, 0.2) is 164 Å². The van der Waals surface area contributed by atoms with Gasteiger partial charge in [-0.3, -0.25) is 6.08 Å². The molecule has 1 aliphatic rings. The van der Waals surface area contributed by atoms with Gasteiger partial charge in [0.1, 0.15) is 9.52 Å². The Bertz CT molecular complexity index is 1310. The fourth-order valence-electron chi connectivity index (χ4n) is 3.69. The zero-order valence-electron chi connectivity index (χ0n) is 21.6. The van der Waals surface area contributed by atoms with E-state index < -0.39 is 0 Å². The van der Waals surface area contributed by atoms with Gasteiger partial charge in [-0.05, 0) is 0 Å². The van der Waals surface area contributed by atoms with Crippen LogP contribution in [0.4, 0.5) is 0 Å². The van der Waals surface area contributed by atoms with Gasteiger partial charge in [-0.25, -0.2) is 12.2 Å². The minimum Gasteiger partial charge on any atom is -0.273 e. The first-order valence-electron chi connectivity index (χ1n) is 12.2. The largest absolute Gasteiger partial charge is 0.273 e. The summed E-state index contributed by atoms with van der Waals surface area (Å²) in [5, 5.41) is 8.12. The van der Waals surface area contributed by atoms with Crippen LogP contribution in [0.25, 0.3) is 21.5 Å². The Labute approximate surface area is 266 Å². The third kappa shape index (κ3) is 12.3. The molecule has 0 saturated carbocycles. The first kappa shape index (κ1) is 34.3. The van der Waals surface area contributed by atoms with Gasteiger partial charge in [-0.2, -0.15) is 41.1 Å². The molecule has 0 atom stereocenters. The zero-order chi connectivity index (χ0) is 24.7. The van der Waals surface area contributed by atoms with Crippen LogP contribution in [0, 0.1) is 6.08 Å². The van der Waals surface area contributed by atoms with Crippen molar-refractivity contribution in [2.45, 2.75) is 6.42 Å². The normalized spacial score (nSPS) is 10.3. The Balaban J connectivity index is 0.000000264. The molecule has 0 heterocycles. The van der Waals surface area contributed by atoms with E-state index in [1.165, 1.54) is 31.9 Å². The predicted octanol–water partition coefficient (Wildman–Crippen LogP) is 8.61. The Morgan fingerprint density at radius 1 is 0.538 bits per heavy atom. The number of benzene rings is 4. The summed E-state index contributed by atoms with van der Waals surface area (Å²) in [6.07, 6.45) is 10.0. The van der Waals surface area contributed by atoms with E-state index in [2.05, 4.69) is 158 Å². The van der Waals surface area contributed by atoms with E-state index >= 15 is 0 Å². The summed E-state index contributed by atoms with van der Waals surface area (Å²) in [4.78, 5) is 0. The van der Waals surface area contributed by atoms with Gasteiger partial charge in [0.05, 0.1) is 0 Å². The number of allylic oxidation sites excluding steroid dienone is 4. The molecule has 0 saturated heterocycles. The standard InChI is InChI=1S/C12H10Si.2C9H7.C5H5.2ClH.Hf/c1-3-7-11(8-4-1)13-12-9-5-2-6-10-12;2*1-2-5-9-7-3-6-8(9)4-1;1-2-4-5-3-1;;;/h1-10H;2*1-7H;1-3H,4H2;2*1H;/q;3*-1;;;. The second kappa shape index (κ2) is 20.2. The van der Waals surface area contributed by atoms with Crippen LogP contribution in [-0.4, -0.2) is 9.52 Å². The summed E-state index contributed by atoms with van der Waals surface area (Å²) in [5.41, 5.74) is 0. The van der Waals surface area contributed by atoms with Crippen LogP contribution in [0.2, 0.25) is 0 Å². The monoisotopic (exact) mass is 729 g/mol. The van der Waals surface area contributed by atoms with Crippen molar-refractivity contribution < 1.29 is 25.8 Å². The number of hydrogen-bond donors (Lipinski definition) is 0. The second-order valence-electron chi connectivity index (χ2n) is 8.17. The fraction of sp³-hybridized carbons (Fsp3) is 0.0286. The van der Waals surface area contributed by atoms with Crippen LogP contribution < -0.4 is 10.4 Å². The van der Waals surface area contributed by atoms with Crippen molar-refractivity contribution in [3.05, 3.63) is 170 Å². The van der Waals surface area contributed by atoms with Crippen molar-refractivity contribution >= 4 is 66.3 Å². The Morgan fingerprint density at radius 2 is 0.974 bits per heavy atom. The van der Waals surface area contributed by atoms with E-state index in [1.807, 2.05) is 12.2 Å². The van der Waals surface area contributed by atoms with Gasteiger partial charge in [0.2, 0.25) is 0 Å². The predicted molar refractivity (Wildman–Crippen MR) is 173 cm³/mol. The van der Waals surface area contributed by atoms with Crippen LogP contribution in [0.3, 0.4) is 0 Å². The quantitative estimate of drug-likeness (QED) is 0.124.